The number of fused-ring (bicyclic) bond motifs is 1. The maximum atomic E-state index is 13.4. The fourth-order valence-corrected chi connectivity index (χ4v) is 4.04. The number of amides is 2. The number of carbonyl (C=O) groups excluding carboxylic acids is 2. The Balaban J connectivity index is 1.76. The summed E-state index contributed by atoms with van der Waals surface area (Å²) in [6.45, 7) is 12.3. The summed E-state index contributed by atoms with van der Waals surface area (Å²) in [6, 6.07) is 7.78. The van der Waals surface area contributed by atoms with Crippen molar-refractivity contribution in [3.05, 3.63) is 47.5 Å². The smallest absolute Gasteiger partial charge is 0.410 e. The van der Waals surface area contributed by atoms with Crippen molar-refractivity contribution in [1.29, 1.82) is 0 Å². The minimum absolute atomic E-state index is 0.0204. The van der Waals surface area contributed by atoms with Crippen LogP contribution in [-0.2, 0) is 20.7 Å². The number of β-amino-alcohol motifs (C(OH)–C–C–N with tert-alkyl or cyclic N) is 1. The van der Waals surface area contributed by atoms with E-state index in [4.69, 9.17) is 9.47 Å². The Morgan fingerprint density at radius 3 is 2.60 bits per heavy atom. The summed E-state index contributed by atoms with van der Waals surface area (Å²) in [7, 11) is 0. The Bertz CT molecular complexity index is 816. The summed E-state index contributed by atoms with van der Waals surface area (Å²) >= 11 is 0. The van der Waals surface area contributed by atoms with E-state index >= 15 is 0 Å². The molecule has 0 aliphatic carbocycles. The first-order valence-corrected chi connectivity index (χ1v) is 10.4. The molecule has 30 heavy (non-hydrogen) atoms. The minimum Gasteiger partial charge on any atom is -0.444 e. The number of hydrogen-bond acceptors (Lipinski definition) is 5. The van der Waals surface area contributed by atoms with Crippen LogP contribution in [0.3, 0.4) is 0 Å². The summed E-state index contributed by atoms with van der Waals surface area (Å²) < 4.78 is 11.1. The van der Waals surface area contributed by atoms with Crippen molar-refractivity contribution < 1.29 is 24.2 Å². The zero-order valence-electron chi connectivity index (χ0n) is 18.3. The van der Waals surface area contributed by atoms with E-state index in [-0.39, 0.29) is 31.6 Å². The first-order valence-electron chi connectivity index (χ1n) is 10.4. The molecule has 0 spiro atoms. The van der Waals surface area contributed by atoms with Crippen LogP contribution < -0.4 is 0 Å². The fraction of sp³-hybridized carbons (Fsp3) is 0.565. The van der Waals surface area contributed by atoms with Gasteiger partial charge in [-0.1, -0.05) is 36.4 Å². The second-order valence-corrected chi connectivity index (χ2v) is 9.01. The molecule has 0 radical (unpaired) electrons. The van der Waals surface area contributed by atoms with Crippen LogP contribution >= 0.6 is 0 Å². The lowest BCUT2D eigenvalue weighted by atomic mass is 9.88. The van der Waals surface area contributed by atoms with Gasteiger partial charge in [0.05, 0.1) is 19.2 Å². The van der Waals surface area contributed by atoms with Gasteiger partial charge in [-0.3, -0.25) is 4.79 Å². The predicted molar refractivity (Wildman–Crippen MR) is 113 cm³/mol. The van der Waals surface area contributed by atoms with Crippen molar-refractivity contribution in [3.63, 3.8) is 0 Å². The number of hydrogen-bond donors (Lipinski definition) is 1. The summed E-state index contributed by atoms with van der Waals surface area (Å²) in [5, 5.41) is 10.7. The van der Waals surface area contributed by atoms with Crippen LogP contribution in [0.5, 0.6) is 0 Å². The lowest BCUT2D eigenvalue weighted by Gasteiger charge is -2.40. The Morgan fingerprint density at radius 1 is 1.23 bits per heavy atom. The summed E-state index contributed by atoms with van der Waals surface area (Å²) in [6.07, 6.45) is -1.97. The number of nitrogens with zero attached hydrogens (tertiary/aromatic N) is 2. The summed E-state index contributed by atoms with van der Waals surface area (Å²) in [5.41, 5.74) is 2.48. The zero-order chi connectivity index (χ0) is 22.1. The van der Waals surface area contributed by atoms with Crippen LogP contribution in [0.25, 0.3) is 0 Å². The van der Waals surface area contributed by atoms with Crippen LogP contribution in [0.2, 0.25) is 0 Å². The van der Waals surface area contributed by atoms with Crippen LogP contribution in [-0.4, -0.2) is 71.0 Å². The van der Waals surface area contributed by atoms with Crippen LogP contribution in [0.15, 0.2) is 36.4 Å². The summed E-state index contributed by atoms with van der Waals surface area (Å²) in [5.74, 6) is -0.281. The monoisotopic (exact) mass is 416 g/mol. The molecule has 3 atom stereocenters. The Labute approximate surface area is 178 Å². The van der Waals surface area contributed by atoms with Gasteiger partial charge in [0.15, 0.2) is 6.10 Å². The molecule has 2 amide bonds. The van der Waals surface area contributed by atoms with Gasteiger partial charge in [-0.2, -0.15) is 0 Å². The van der Waals surface area contributed by atoms with Gasteiger partial charge in [0, 0.05) is 13.1 Å². The third-order valence-electron chi connectivity index (χ3n) is 5.34. The van der Waals surface area contributed by atoms with Gasteiger partial charge in [0.25, 0.3) is 5.91 Å². The zero-order valence-corrected chi connectivity index (χ0v) is 18.3. The molecule has 1 aromatic rings. The van der Waals surface area contributed by atoms with Gasteiger partial charge in [0.2, 0.25) is 0 Å². The second kappa shape index (κ2) is 8.78. The predicted octanol–water partition coefficient (Wildman–Crippen LogP) is 2.69. The third-order valence-corrected chi connectivity index (χ3v) is 5.34. The standard InChI is InChI=1S/C23H32N2O5/c1-15(2)19-17-9-7-6-8-16(17)10-11-25(19)21(27)20-18(26)14-24(12-13-29-20)22(28)30-23(3,4)5/h6-9,18-20,26H,1,10-14H2,2-5H3/t18-,19-,20+/m0/s1. The molecule has 164 valence electrons. The van der Waals surface area contributed by atoms with Crippen LogP contribution in [0.4, 0.5) is 4.79 Å². The highest BCUT2D eigenvalue weighted by Gasteiger charge is 2.40. The lowest BCUT2D eigenvalue weighted by Crippen LogP contribution is -2.51. The van der Waals surface area contributed by atoms with E-state index in [9.17, 15) is 14.7 Å². The van der Waals surface area contributed by atoms with Crippen molar-refractivity contribution in [2.45, 2.75) is 58.0 Å². The fourth-order valence-electron chi connectivity index (χ4n) is 4.04. The maximum absolute atomic E-state index is 13.4. The van der Waals surface area contributed by atoms with E-state index in [1.165, 1.54) is 10.5 Å². The lowest BCUT2D eigenvalue weighted by molar-refractivity contribution is -0.152. The number of benzene rings is 1. The second-order valence-electron chi connectivity index (χ2n) is 9.01. The van der Waals surface area contributed by atoms with Crippen molar-refractivity contribution in [2.24, 2.45) is 0 Å². The normalized spacial score (nSPS) is 24.6. The molecule has 1 saturated heterocycles. The van der Waals surface area contributed by atoms with Gasteiger partial charge < -0.3 is 24.4 Å². The molecule has 1 aromatic carbocycles. The molecular formula is C23H32N2O5. The molecular weight excluding hydrogens is 384 g/mol. The SMILES string of the molecule is C=C(C)[C@H]1c2ccccc2CCN1C(=O)[C@@H]1OCCN(C(=O)OC(C)(C)C)C[C@@H]1O. The number of aliphatic hydroxyl groups excluding tert-OH is 1. The minimum atomic E-state index is -1.14. The average Bonchev–Trinajstić information content (AvgIpc) is 2.86. The van der Waals surface area contributed by atoms with E-state index in [2.05, 4.69) is 12.6 Å². The third kappa shape index (κ3) is 4.84. The van der Waals surface area contributed by atoms with Crippen LogP contribution in [0.1, 0.15) is 44.9 Å². The van der Waals surface area contributed by atoms with Gasteiger partial charge in [0.1, 0.15) is 11.7 Å². The molecule has 2 heterocycles. The van der Waals surface area contributed by atoms with E-state index < -0.39 is 23.9 Å². The van der Waals surface area contributed by atoms with Gasteiger partial charge in [-0.15, -0.1) is 0 Å². The molecule has 7 heteroatoms. The van der Waals surface area contributed by atoms with Crippen molar-refractivity contribution in [1.82, 2.24) is 9.80 Å². The molecule has 2 aliphatic heterocycles. The van der Waals surface area contributed by atoms with Gasteiger partial charge in [-0.05, 0) is 45.2 Å². The molecule has 1 fully saturated rings. The molecule has 2 aliphatic rings. The molecule has 0 unspecified atom stereocenters. The number of aliphatic hydroxyl groups is 1. The van der Waals surface area contributed by atoms with Crippen molar-refractivity contribution in [2.75, 3.05) is 26.2 Å². The Hall–Kier alpha value is -2.38. The molecule has 7 nitrogen and oxygen atoms in total. The molecule has 0 saturated carbocycles. The quantitative estimate of drug-likeness (QED) is 0.750. The van der Waals surface area contributed by atoms with E-state index in [1.807, 2.05) is 25.1 Å². The largest absolute Gasteiger partial charge is 0.444 e. The average molecular weight is 417 g/mol. The highest BCUT2D eigenvalue weighted by Crippen LogP contribution is 2.35. The molecule has 0 aromatic heterocycles. The van der Waals surface area contributed by atoms with Gasteiger partial charge in [-0.25, -0.2) is 4.79 Å². The molecule has 3 rings (SSSR count). The Morgan fingerprint density at radius 2 is 1.93 bits per heavy atom. The van der Waals surface area contributed by atoms with Gasteiger partial charge >= 0.3 is 6.09 Å². The number of rotatable bonds is 2. The molecule has 1 N–H and O–H groups in total. The first-order chi connectivity index (χ1) is 14.1. The van der Waals surface area contributed by atoms with Crippen molar-refractivity contribution >= 4 is 12.0 Å². The van der Waals surface area contributed by atoms with E-state index in [0.717, 1.165) is 17.6 Å². The highest BCUT2D eigenvalue weighted by molar-refractivity contribution is 5.83. The van der Waals surface area contributed by atoms with Crippen molar-refractivity contribution in [3.8, 4) is 0 Å². The number of ether oxygens (including phenoxy) is 2. The number of carbonyl (C=O) groups is 2. The highest BCUT2D eigenvalue weighted by atomic mass is 16.6. The molecule has 0 bridgehead atoms. The first kappa shape index (κ1) is 22.3. The van der Waals surface area contributed by atoms with E-state index in [0.29, 0.717) is 6.54 Å². The Kier molecular flexibility index (Phi) is 6.53. The van der Waals surface area contributed by atoms with Crippen LogP contribution in [0, 0.1) is 0 Å². The maximum Gasteiger partial charge on any atom is 0.410 e. The summed E-state index contributed by atoms with van der Waals surface area (Å²) in [4.78, 5) is 28.9. The van der Waals surface area contributed by atoms with E-state index in [1.54, 1.807) is 25.7 Å². The topological polar surface area (TPSA) is 79.3 Å².